The molecule has 2 rings (SSSR count). The van der Waals surface area contributed by atoms with Gasteiger partial charge in [0.05, 0.1) is 10.1 Å². The maximum Gasteiger partial charge on any atom is 0.181 e. The van der Waals surface area contributed by atoms with E-state index in [9.17, 15) is 8.42 Å². The third kappa shape index (κ3) is 2.69. The van der Waals surface area contributed by atoms with E-state index in [1.54, 1.807) is 18.2 Å². The fraction of sp³-hybridized carbons (Fsp3) is 0.571. The summed E-state index contributed by atoms with van der Waals surface area (Å²) < 4.78 is 25.3. The highest BCUT2D eigenvalue weighted by molar-refractivity contribution is 7.92. The first kappa shape index (κ1) is 13.4. The second-order valence-electron chi connectivity index (χ2n) is 5.18. The zero-order valence-electron chi connectivity index (χ0n) is 10.9. The Morgan fingerprint density at radius 3 is 2.28 bits per heavy atom. The third-order valence-electron chi connectivity index (χ3n) is 3.75. The number of aryl methyl sites for hydroxylation is 1. The largest absolute Gasteiger partial charge is 0.399 e. The van der Waals surface area contributed by atoms with Gasteiger partial charge < -0.3 is 5.73 Å². The van der Waals surface area contributed by atoms with Crippen molar-refractivity contribution in [2.24, 2.45) is 0 Å². The summed E-state index contributed by atoms with van der Waals surface area (Å²) in [5.74, 6) is 0. The fourth-order valence-electron chi connectivity index (χ4n) is 2.72. The van der Waals surface area contributed by atoms with E-state index in [0.717, 1.165) is 44.1 Å². The topological polar surface area (TPSA) is 60.2 Å². The van der Waals surface area contributed by atoms with Crippen LogP contribution in [0, 0.1) is 6.92 Å². The monoisotopic (exact) mass is 267 g/mol. The summed E-state index contributed by atoms with van der Waals surface area (Å²) in [5.41, 5.74) is 7.06. The minimum atomic E-state index is -3.19. The molecule has 0 spiro atoms. The van der Waals surface area contributed by atoms with Crippen LogP contribution in [-0.2, 0) is 9.84 Å². The first-order chi connectivity index (χ1) is 8.51. The number of anilines is 1. The normalized spacial score (nSPS) is 18.5. The highest BCUT2D eigenvalue weighted by Gasteiger charge is 2.29. The number of nitrogen functional groups attached to an aromatic ring is 1. The van der Waals surface area contributed by atoms with E-state index in [0.29, 0.717) is 10.6 Å². The Hall–Kier alpha value is -1.03. The maximum absolute atomic E-state index is 12.6. The van der Waals surface area contributed by atoms with Crippen LogP contribution in [0.3, 0.4) is 0 Å². The molecule has 0 atom stereocenters. The van der Waals surface area contributed by atoms with E-state index >= 15 is 0 Å². The number of sulfone groups is 1. The van der Waals surface area contributed by atoms with E-state index in [4.69, 9.17) is 5.73 Å². The van der Waals surface area contributed by atoms with Gasteiger partial charge >= 0.3 is 0 Å². The van der Waals surface area contributed by atoms with Gasteiger partial charge in [0.15, 0.2) is 9.84 Å². The first-order valence-electron chi connectivity index (χ1n) is 6.62. The Morgan fingerprint density at radius 2 is 1.72 bits per heavy atom. The molecule has 3 nitrogen and oxygen atoms in total. The van der Waals surface area contributed by atoms with E-state index in [2.05, 4.69) is 0 Å². The van der Waals surface area contributed by atoms with Crippen LogP contribution in [0.1, 0.15) is 44.1 Å². The van der Waals surface area contributed by atoms with E-state index in [-0.39, 0.29) is 5.25 Å². The van der Waals surface area contributed by atoms with Crippen molar-refractivity contribution in [3.05, 3.63) is 23.8 Å². The molecule has 1 fully saturated rings. The van der Waals surface area contributed by atoms with Gasteiger partial charge in [0.25, 0.3) is 0 Å². The summed E-state index contributed by atoms with van der Waals surface area (Å²) in [6.45, 7) is 1.82. The molecule has 0 bridgehead atoms. The molecule has 0 aliphatic heterocycles. The van der Waals surface area contributed by atoms with Gasteiger partial charge in [-0.05, 0) is 43.5 Å². The molecular formula is C14H21NO2S. The molecule has 0 aromatic heterocycles. The van der Waals surface area contributed by atoms with Crippen LogP contribution in [0.25, 0.3) is 0 Å². The lowest BCUT2D eigenvalue weighted by Gasteiger charge is -2.17. The van der Waals surface area contributed by atoms with Gasteiger partial charge in [0.2, 0.25) is 0 Å². The number of benzene rings is 1. The Labute approximate surface area is 109 Å². The molecule has 100 valence electrons. The van der Waals surface area contributed by atoms with E-state index < -0.39 is 9.84 Å². The summed E-state index contributed by atoms with van der Waals surface area (Å²) in [6.07, 6.45) is 5.97. The smallest absolute Gasteiger partial charge is 0.181 e. The SMILES string of the molecule is Cc1cc(N)ccc1S(=O)(=O)C1CCCCCC1. The van der Waals surface area contributed by atoms with Crippen LogP contribution < -0.4 is 5.73 Å². The molecule has 4 heteroatoms. The Balaban J connectivity index is 2.34. The van der Waals surface area contributed by atoms with E-state index in [1.165, 1.54) is 0 Å². The fourth-order valence-corrected chi connectivity index (χ4v) is 4.80. The van der Waals surface area contributed by atoms with Gasteiger partial charge in [-0.2, -0.15) is 0 Å². The molecule has 0 amide bonds. The molecule has 1 saturated carbocycles. The predicted molar refractivity (Wildman–Crippen MR) is 74.3 cm³/mol. The average Bonchev–Trinajstić information content (AvgIpc) is 2.57. The molecule has 1 aromatic carbocycles. The average molecular weight is 267 g/mol. The molecule has 1 aliphatic carbocycles. The first-order valence-corrected chi connectivity index (χ1v) is 8.16. The van der Waals surface area contributed by atoms with Crippen LogP contribution in [0.5, 0.6) is 0 Å². The lowest BCUT2D eigenvalue weighted by atomic mass is 10.2. The number of hydrogen-bond acceptors (Lipinski definition) is 3. The van der Waals surface area contributed by atoms with Crippen molar-refractivity contribution >= 4 is 15.5 Å². The van der Waals surface area contributed by atoms with Crippen molar-refractivity contribution in [2.75, 3.05) is 5.73 Å². The highest BCUT2D eigenvalue weighted by atomic mass is 32.2. The summed E-state index contributed by atoms with van der Waals surface area (Å²) in [5, 5.41) is -0.206. The molecule has 0 saturated heterocycles. The zero-order chi connectivity index (χ0) is 13.2. The summed E-state index contributed by atoms with van der Waals surface area (Å²) in [6, 6.07) is 5.07. The summed E-state index contributed by atoms with van der Waals surface area (Å²) >= 11 is 0. The molecule has 1 aromatic rings. The van der Waals surface area contributed by atoms with Crippen LogP contribution in [0.2, 0.25) is 0 Å². The quantitative estimate of drug-likeness (QED) is 0.661. The van der Waals surface area contributed by atoms with Gasteiger partial charge in [-0.1, -0.05) is 25.7 Å². The van der Waals surface area contributed by atoms with Gasteiger partial charge in [0, 0.05) is 5.69 Å². The Kier molecular flexibility index (Phi) is 3.95. The lowest BCUT2D eigenvalue weighted by molar-refractivity contribution is 0.562. The van der Waals surface area contributed by atoms with Gasteiger partial charge in [-0.3, -0.25) is 0 Å². The van der Waals surface area contributed by atoms with Gasteiger partial charge in [-0.25, -0.2) is 8.42 Å². The minimum Gasteiger partial charge on any atom is -0.399 e. The predicted octanol–water partition coefficient (Wildman–Crippen LogP) is 3.07. The summed E-state index contributed by atoms with van der Waals surface area (Å²) in [4.78, 5) is 0.462. The lowest BCUT2D eigenvalue weighted by Crippen LogP contribution is -2.21. The van der Waals surface area contributed by atoms with Crippen molar-refractivity contribution in [1.29, 1.82) is 0 Å². The molecular weight excluding hydrogens is 246 g/mol. The van der Waals surface area contributed by atoms with Crippen LogP contribution in [0.15, 0.2) is 23.1 Å². The Bertz CT molecular complexity index is 515. The number of hydrogen-bond donors (Lipinski definition) is 1. The second kappa shape index (κ2) is 5.31. The van der Waals surface area contributed by atoms with Gasteiger partial charge in [-0.15, -0.1) is 0 Å². The zero-order valence-corrected chi connectivity index (χ0v) is 11.7. The molecule has 0 unspecified atom stereocenters. The van der Waals surface area contributed by atoms with Crippen molar-refractivity contribution < 1.29 is 8.42 Å². The number of nitrogens with two attached hydrogens (primary N) is 1. The number of rotatable bonds is 2. The molecule has 2 N–H and O–H groups in total. The van der Waals surface area contributed by atoms with Gasteiger partial charge in [0.1, 0.15) is 0 Å². The van der Waals surface area contributed by atoms with Crippen molar-refractivity contribution in [3.63, 3.8) is 0 Å². The minimum absolute atomic E-state index is 0.206. The second-order valence-corrected chi connectivity index (χ2v) is 7.38. The maximum atomic E-state index is 12.6. The highest BCUT2D eigenvalue weighted by Crippen LogP contribution is 2.29. The Morgan fingerprint density at radius 1 is 1.11 bits per heavy atom. The van der Waals surface area contributed by atoms with Crippen molar-refractivity contribution in [1.82, 2.24) is 0 Å². The summed E-state index contributed by atoms with van der Waals surface area (Å²) in [7, 11) is -3.19. The van der Waals surface area contributed by atoms with Crippen LogP contribution >= 0.6 is 0 Å². The molecule has 0 radical (unpaired) electrons. The third-order valence-corrected chi connectivity index (χ3v) is 6.17. The van der Waals surface area contributed by atoms with Crippen LogP contribution in [0.4, 0.5) is 5.69 Å². The van der Waals surface area contributed by atoms with Crippen molar-refractivity contribution in [2.45, 2.75) is 55.6 Å². The van der Waals surface area contributed by atoms with Crippen molar-refractivity contribution in [3.8, 4) is 0 Å². The molecule has 1 aliphatic rings. The standard InChI is InChI=1S/C14H21NO2S/c1-11-10-12(15)8-9-14(11)18(16,17)13-6-4-2-3-5-7-13/h8-10,13H,2-7,15H2,1H3. The molecule has 0 heterocycles. The molecule has 18 heavy (non-hydrogen) atoms. The van der Waals surface area contributed by atoms with E-state index in [1.807, 2.05) is 6.92 Å². The van der Waals surface area contributed by atoms with Crippen LogP contribution in [-0.4, -0.2) is 13.7 Å².